The zero-order chi connectivity index (χ0) is 11.8. The van der Waals surface area contributed by atoms with Gasteiger partial charge in [-0.2, -0.15) is 13.2 Å². The Hall–Kier alpha value is -1.18. The Morgan fingerprint density at radius 2 is 1.87 bits per heavy atom. The first kappa shape index (κ1) is 11.9. The predicted octanol–water partition coefficient (Wildman–Crippen LogP) is 3.52. The molecule has 0 saturated heterocycles. The van der Waals surface area contributed by atoms with Crippen molar-refractivity contribution in [2.24, 2.45) is 0 Å². The van der Waals surface area contributed by atoms with Gasteiger partial charge in [-0.25, -0.2) is 4.39 Å². The molecule has 0 spiro atoms. The van der Waals surface area contributed by atoms with Crippen molar-refractivity contribution in [1.29, 1.82) is 0 Å². The van der Waals surface area contributed by atoms with E-state index in [1.54, 1.807) is 0 Å². The van der Waals surface area contributed by atoms with Gasteiger partial charge in [0.2, 0.25) is 0 Å². The summed E-state index contributed by atoms with van der Waals surface area (Å²) < 4.78 is 49.1. The lowest BCUT2D eigenvalue weighted by molar-refractivity contribution is -0.388. The van der Waals surface area contributed by atoms with E-state index >= 15 is 0 Å². The molecule has 0 aliphatic carbocycles. The molecule has 0 aromatic heterocycles. The molecule has 0 saturated carbocycles. The number of alkyl halides is 3. The van der Waals surface area contributed by atoms with Crippen molar-refractivity contribution in [3.63, 3.8) is 0 Å². The normalized spacial score (nSPS) is 11.5. The number of halogens is 5. The lowest BCUT2D eigenvalue weighted by Gasteiger charge is -2.07. The van der Waals surface area contributed by atoms with Crippen LogP contribution in [0.1, 0.15) is 5.56 Å². The average Bonchev–Trinajstić information content (AvgIpc) is 2.06. The molecule has 0 heterocycles. The van der Waals surface area contributed by atoms with Crippen LogP contribution in [0.15, 0.2) is 16.6 Å². The van der Waals surface area contributed by atoms with Crippen LogP contribution >= 0.6 is 15.9 Å². The van der Waals surface area contributed by atoms with Crippen LogP contribution < -0.4 is 0 Å². The zero-order valence-corrected chi connectivity index (χ0v) is 8.39. The second-order valence-electron chi connectivity index (χ2n) is 2.54. The summed E-state index contributed by atoms with van der Waals surface area (Å²) in [6.07, 6.45) is -4.89. The number of nitro groups is 1. The lowest BCUT2D eigenvalue weighted by Crippen LogP contribution is -2.09. The van der Waals surface area contributed by atoms with E-state index in [4.69, 9.17) is 0 Å². The van der Waals surface area contributed by atoms with Gasteiger partial charge < -0.3 is 0 Å². The van der Waals surface area contributed by atoms with E-state index in [2.05, 4.69) is 15.9 Å². The first-order valence-corrected chi connectivity index (χ1v) is 4.23. The smallest absolute Gasteiger partial charge is 0.258 e. The maximum Gasteiger partial charge on any atom is 0.423 e. The van der Waals surface area contributed by atoms with Crippen LogP contribution in [0.5, 0.6) is 0 Å². The molecule has 82 valence electrons. The number of nitro benzene ring substituents is 1. The predicted molar refractivity (Wildman–Crippen MR) is 45.8 cm³/mol. The van der Waals surface area contributed by atoms with Crippen LogP contribution in [0.4, 0.5) is 23.2 Å². The fraction of sp³-hybridized carbons (Fsp3) is 0.143. The van der Waals surface area contributed by atoms with Crippen LogP contribution in [0.25, 0.3) is 0 Å². The van der Waals surface area contributed by atoms with Crippen molar-refractivity contribution in [3.8, 4) is 0 Å². The zero-order valence-electron chi connectivity index (χ0n) is 6.81. The third kappa shape index (κ3) is 2.44. The van der Waals surface area contributed by atoms with Crippen LogP contribution in [0, 0.1) is 15.9 Å². The Balaban J connectivity index is 3.49. The van der Waals surface area contributed by atoms with Crippen molar-refractivity contribution < 1.29 is 22.5 Å². The summed E-state index contributed by atoms with van der Waals surface area (Å²) in [5.74, 6) is -1.12. The molecule has 0 radical (unpaired) electrons. The Labute approximate surface area is 89.0 Å². The highest BCUT2D eigenvalue weighted by Crippen LogP contribution is 2.38. The Morgan fingerprint density at radius 3 is 2.27 bits per heavy atom. The Morgan fingerprint density at radius 1 is 1.33 bits per heavy atom. The first-order valence-electron chi connectivity index (χ1n) is 3.44. The molecule has 3 nitrogen and oxygen atoms in total. The van der Waals surface area contributed by atoms with Gasteiger partial charge >= 0.3 is 6.18 Å². The molecule has 0 amide bonds. The second-order valence-corrected chi connectivity index (χ2v) is 3.39. The van der Waals surface area contributed by atoms with E-state index in [-0.39, 0.29) is 6.07 Å². The summed E-state index contributed by atoms with van der Waals surface area (Å²) in [6, 6.07) is 0.570. The minimum absolute atomic E-state index is 0.229. The van der Waals surface area contributed by atoms with Crippen molar-refractivity contribution in [2.75, 3.05) is 0 Å². The number of nitrogens with zero attached hydrogens (tertiary/aromatic N) is 1. The molecule has 0 N–H and O–H groups in total. The van der Waals surface area contributed by atoms with Crippen molar-refractivity contribution in [3.05, 3.63) is 38.1 Å². The summed E-state index contributed by atoms with van der Waals surface area (Å²) in [5, 5.41) is 10.3. The number of hydrogen-bond acceptors (Lipinski definition) is 2. The highest BCUT2D eigenvalue weighted by molar-refractivity contribution is 9.10. The van der Waals surface area contributed by atoms with Crippen LogP contribution in [-0.4, -0.2) is 4.92 Å². The van der Waals surface area contributed by atoms with Crippen LogP contribution in [0.3, 0.4) is 0 Å². The standard InChI is InChI=1S/C7H2BrF4NO2/c8-4-1-3(7(10,11)12)6(13(14)15)2-5(4)9/h1-2H. The second kappa shape index (κ2) is 3.76. The van der Waals surface area contributed by atoms with Gasteiger partial charge in [0, 0.05) is 0 Å². The molecule has 0 atom stereocenters. The Bertz CT molecular complexity index is 418. The monoisotopic (exact) mass is 287 g/mol. The largest absolute Gasteiger partial charge is 0.423 e. The third-order valence-corrected chi connectivity index (χ3v) is 2.15. The summed E-state index contributed by atoms with van der Waals surface area (Å²) in [6.45, 7) is 0. The summed E-state index contributed by atoms with van der Waals surface area (Å²) in [7, 11) is 0. The van der Waals surface area contributed by atoms with Gasteiger partial charge in [0.1, 0.15) is 11.4 Å². The minimum atomic E-state index is -4.89. The SMILES string of the molecule is O=[N+]([O-])c1cc(F)c(Br)cc1C(F)(F)F. The van der Waals surface area contributed by atoms with E-state index in [0.717, 1.165) is 0 Å². The van der Waals surface area contributed by atoms with Crippen LogP contribution in [0.2, 0.25) is 0 Å². The average molecular weight is 288 g/mol. The summed E-state index contributed by atoms with van der Waals surface area (Å²) >= 11 is 2.52. The van der Waals surface area contributed by atoms with Gasteiger partial charge in [0.05, 0.1) is 15.5 Å². The van der Waals surface area contributed by atoms with Gasteiger partial charge in [-0.05, 0) is 22.0 Å². The molecular formula is C7H2BrF4NO2. The summed E-state index contributed by atoms with van der Waals surface area (Å²) in [5.41, 5.74) is -2.79. The molecule has 8 heteroatoms. The topological polar surface area (TPSA) is 43.1 Å². The van der Waals surface area contributed by atoms with Gasteiger partial charge in [0.25, 0.3) is 5.69 Å². The van der Waals surface area contributed by atoms with Gasteiger partial charge in [-0.15, -0.1) is 0 Å². The molecule has 0 aliphatic rings. The molecular weight excluding hydrogens is 286 g/mol. The molecule has 0 unspecified atom stereocenters. The third-order valence-electron chi connectivity index (χ3n) is 1.54. The van der Waals surface area contributed by atoms with Gasteiger partial charge in [-0.3, -0.25) is 10.1 Å². The fourth-order valence-corrected chi connectivity index (χ4v) is 1.26. The number of rotatable bonds is 1. The van der Waals surface area contributed by atoms with E-state index in [1.807, 2.05) is 0 Å². The van der Waals surface area contributed by atoms with Crippen LogP contribution in [-0.2, 0) is 6.18 Å². The van der Waals surface area contributed by atoms with Gasteiger partial charge in [-0.1, -0.05) is 0 Å². The maximum absolute atomic E-state index is 12.8. The van der Waals surface area contributed by atoms with E-state index in [0.29, 0.717) is 6.07 Å². The molecule has 15 heavy (non-hydrogen) atoms. The van der Waals surface area contributed by atoms with Gasteiger partial charge in [0.15, 0.2) is 0 Å². The van der Waals surface area contributed by atoms with E-state index < -0.39 is 32.6 Å². The molecule has 1 aromatic rings. The minimum Gasteiger partial charge on any atom is -0.258 e. The number of benzene rings is 1. The molecule has 0 fully saturated rings. The van der Waals surface area contributed by atoms with Crippen molar-refractivity contribution in [1.82, 2.24) is 0 Å². The molecule has 1 aromatic carbocycles. The molecule has 0 aliphatic heterocycles. The highest BCUT2D eigenvalue weighted by atomic mass is 79.9. The van der Waals surface area contributed by atoms with Crippen molar-refractivity contribution >= 4 is 21.6 Å². The first-order chi connectivity index (χ1) is 6.73. The van der Waals surface area contributed by atoms with E-state index in [9.17, 15) is 27.7 Å². The lowest BCUT2D eigenvalue weighted by atomic mass is 10.1. The molecule has 1 rings (SSSR count). The number of hydrogen-bond donors (Lipinski definition) is 0. The molecule has 0 bridgehead atoms. The van der Waals surface area contributed by atoms with E-state index in [1.165, 1.54) is 0 Å². The Kier molecular flexibility index (Phi) is 2.98. The summed E-state index contributed by atoms with van der Waals surface area (Å²) in [4.78, 5) is 8.98. The van der Waals surface area contributed by atoms with Crippen molar-refractivity contribution in [2.45, 2.75) is 6.18 Å². The quantitative estimate of drug-likeness (QED) is 0.451. The maximum atomic E-state index is 12.8. The fourth-order valence-electron chi connectivity index (χ4n) is 0.914. The highest BCUT2D eigenvalue weighted by Gasteiger charge is 2.39.